The van der Waals surface area contributed by atoms with Crippen molar-refractivity contribution in [1.29, 1.82) is 0 Å². The number of thiophene rings is 1. The number of nitrogens with zero attached hydrogens (tertiary/aromatic N) is 1. The number of unbranched alkanes of at least 4 members (excludes halogenated alkanes) is 1. The maximum atomic E-state index is 13.6. The summed E-state index contributed by atoms with van der Waals surface area (Å²) in [6.07, 6.45) is 2.91. The van der Waals surface area contributed by atoms with E-state index in [1.807, 2.05) is 23.1 Å². The van der Waals surface area contributed by atoms with Crippen LogP contribution < -0.4 is 10.6 Å². The minimum atomic E-state index is -0.276. The summed E-state index contributed by atoms with van der Waals surface area (Å²) in [4.78, 5) is 17.8. The molecule has 0 spiro atoms. The van der Waals surface area contributed by atoms with Crippen LogP contribution in [0.15, 0.2) is 54.6 Å². The molecule has 2 N–H and O–H groups in total. The molecular weight excluding hydrogens is 409 g/mol. The van der Waals surface area contributed by atoms with E-state index in [-0.39, 0.29) is 17.9 Å². The second kappa shape index (κ2) is 9.52. The Bertz CT molecular complexity index is 1050. The third kappa shape index (κ3) is 4.74. The first kappa shape index (κ1) is 21.4. The highest BCUT2D eigenvalue weighted by Gasteiger charge is 2.34. The van der Waals surface area contributed by atoms with Crippen molar-refractivity contribution in [2.24, 2.45) is 0 Å². The van der Waals surface area contributed by atoms with Gasteiger partial charge in [-0.05, 0) is 60.9 Å². The van der Waals surface area contributed by atoms with Gasteiger partial charge in [-0.2, -0.15) is 0 Å². The molecule has 162 valence electrons. The number of benzene rings is 2. The number of nitrogens with one attached hydrogen (secondary N) is 2. The highest BCUT2D eigenvalue weighted by atomic mass is 32.1. The quantitative estimate of drug-likeness (QED) is 0.399. The molecule has 4 nitrogen and oxygen atoms in total. The second-order valence-corrected chi connectivity index (χ2v) is 9.00. The van der Waals surface area contributed by atoms with Crippen molar-refractivity contribution in [2.75, 3.05) is 17.2 Å². The van der Waals surface area contributed by atoms with Crippen molar-refractivity contribution in [3.63, 3.8) is 0 Å². The van der Waals surface area contributed by atoms with Crippen LogP contribution >= 0.6 is 11.3 Å². The number of aryl methyl sites for hydroxylation is 1. The summed E-state index contributed by atoms with van der Waals surface area (Å²) in [6.45, 7) is 5.58. The molecule has 0 saturated heterocycles. The first-order valence-corrected chi connectivity index (χ1v) is 11.7. The summed E-state index contributed by atoms with van der Waals surface area (Å²) in [6, 6.07) is 16.5. The average molecular weight is 438 g/mol. The van der Waals surface area contributed by atoms with Gasteiger partial charge in [0.1, 0.15) is 12.0 Å². The molecule has 1 aliphatic rings. The Hall–Kier alpha value is -2.86. The highest BCUT2D eigenvalue weighted by Crippen LogP contribution is 2.38. The number of hydrogen-bond acceptors (Lipinski definition) is 4. The molecule has 3 aromatic rings. The zero-order valence-corrected chi connectivity index (χ0v) is 18.8. The van der Waals surface area contributed by atoms with E-state index < -0.39 is 0 Å². The lowest BCUT2D eigenvalue weighted by Gasteiger charge is -2.37. The Kier molecular flexibility index (Phi) is 6.56. The van der Waals surface area contributed by atoms with Crippen LogP contribution in [0.5, 0.6) is 0 Å². The second-order valence-electron chi connectivity index (χ2n) is 7.80. The van der Waals surface area contributed by atoms with E-state index in [1.54, 1.807) is 23.5 Å². The van der Waals surface area contributed by atoms with Crippen molar-refractivity contribution in [2.45, 2.75) is 45.8 Å². The number of anilines is 2. The number of rotatable bonds is 8. The Morgan fingerprint density at radius 3 is 2.61 bits per heavy atom. The predicted octanol–water partition coefficient (Wildman–Crippen LogP) is 6.43. The number of carbonyl (C=O) groups is 1. The molecule has 1 atom stereocenters. The van der Waals surface area contributed by atoms with E-state index in [1.165, 1.54) is 17.0 Å². The molecule has 4 rings (SSSR count). The van der Waals surface area contributed by atoms with Gasteiger partial charge >= 0.3 is 0 Å². The van der Waals surface area contributed by atoms with E-state index in [0.717, 1.165) is 47.6 Å². The van der Waals surface area contributed by atoms with E-state index in [0.29, 0.717) is 12.1 Å². The van der Waals surface area contributed by atoms with Gasteiger partial charge in [-0.1, -0.05) is 32.4 Å². The first-order valence-electron chi connectivity index (χ1n) is 10.9. The van der Waals surface area contributed by atoms with E-state index >= 15 is 0 Å². The molecule has 0 aliphatic carbocycles. The molecule has 1 aliphatic heterocycles. The molecule has 31 heavy (non-hydrogen) atoms. The van der Waals surface area contributed by atoms with Gasteiger partial charge < -0.3 is 15.5 Å². The smallest absolute Gasteiger partial charge is 0.258 e. The summed E-state index contributed by atoms with van der Waals surface area (Å²) >= 11 is 1.72. The van der Waals surface area contributed by atoms with E-state index in [2.05, 4.69) is 36.6 Å². The van der Waals surface area contributed by atoms with Crippen molar-refractivity contribution in [1.82, 2.24) is 4.90 Å². The summed E-state index contributed by atoms with van der Waals surface area (Å²) in [7, 11) is 0. The zero-order valence-electron chi connectivity index (χ0n) is 18.0. The summed E-state index contributed by atoms with van der Waals surface area (Å²) in [5, 5.41) is 6.97. The molecule has 1 amide bonds. The Labute approximate surface area is 187 Å². The zero-order chi connectivity index (χ0) is 21.8. The number of carbonyl (C=O) groups excluding carboxylic acids is 1. The topological polar surface area (TPSA) is 44.4 Å². The molecule has 2 heterocycles. The lowest BCUT2D eigenvalue weighted by molar-refractivity contribution is 0.0669. The van der Waals surface area contributed by atoms with Crippen molar-refractivity contribution < 1.29 is 9.18 Å². The Morgan fingerprint density at radius 2 is 1.90 bits per heavy atom. The normalized spacial score (nSPS) is 15.5. The fourth-order valence-corrected chi connectivity index (χ4v) is 4.79. The SMILES string of the molecule is CCCCNc1ccc2c(c1)C(=O)N(Cc1ccc(F)cc1)C(c1ccc(CC)s1)N2. The molecule has 0 bridgehead atoms. The van der Waals surface area contributed by atoms with Crippen LogP contribution in [-0.4, -0.2) is 17.4 Å². The Balaban J connectivity index is 1.67. The minimum Gasteiger partial charge on any atom is -0.385 e. The van der Waals surface area contributed by atoms with Crippen LogP contribution in [0.1, 0.15) is 58.5 Å². The van der Waals surface area contributed by atoms with Gasteiger partial charge in [-0.25, -0.2) is 4.39 Å². The maximum absolute atomic E-state index is 13.6. The monoisotopic (exact) mass is 437 g/mol. The molecule has 1 unspecified atom stereocenters. The van der Waals surface area contributed by atoms with Crippen LogP contribution in [0, 0.1) is 5.82 Å². The number of amides is 1. The summed E-state index contributed by atoms with van der Waals surface area (Å²) in [5.41, 5.74) is 3.35. The molecule has 0 fully saturated rings. The van der Waals surface area contributed by atoms with Crippen molar-refractivity contribution in [3.05, 3.63) is 81.3 Å². The van der Waals surface area contributed by atoms with Crippen molar-refractivity contribution in [3.8, 4) is 0 Å². The van der Waals surface area contributed by atoms with E-state index in [4.69, 9.17) is 0 Å². The highest BCUT2D eigenvalue weighted by molar-refractivity contribution is 7.12. The molecule has 1 aromatic heterocycles. The van der Waals surface area contributed by atoms with Crippen molar-refractivity contribution >= 4 is 28.6 Å². The lowest BCUT2D eigenvalue weighted by atomic mass is 10.0. The maximum Gasteiger partial charge on any atom is 0.258 e. The number of halogens is 1. The van der Waals surface area contributed by atoms with Crippen LogP contribution in [0.3, 0.4) is 0 Å². The molecule has 6 heteroatoms. The fourth-order valence-electron chi connectivity index (χ4n) is 3.77. The third-order valence-corrected chi connectivity index (χ3v) is 6.82. The Morgan fingerprint density at radius 1 is 1.10 bits per heavy atom. The standard InChI is InChI=1S/C25H28FN3OS/c1-3-5-14-27-19-10-12-22-21(15-19)25(30)29(16-17-6-8-18(26)9-7-17)24(28-22)23-13-11-20(4-2)31-23/h6-13,15,24,27-28H,3-5,14,16H2,1-2H3. The fraction of sp³-hybridized carbons (Fsp3) is 0.320. The first-order chi connectivity index (χ1) is 15.1. The van der Waals surface area contributed by atoms with Crippen LogP contribution in [0.4, 0.5) is 15.8 Å². The summed E-state index contributed by atoms with van der Waals surface area (Å²) in [5.74, 6) is -0.295. The predicted molar refractivity (Wildman–Crippen MR) is 126 cm³/mol. The van der Waals surface area contributed by atoms with Gasteiger partial charge in [0.2, 0.25) is 0 Å². The van der Waals surface area contributed by atoms with Crippen LogP contribution in [-0.2, 0) is 13.0 Å². The number of hydrogen-bond donors (Lipinski definition) is 2. The summed E-state index contributed by atoms with van der Waals surface area (Å²) < 4.78 is 13.4. The van der Waals surface area contributed by atoms with Gasteiger partial charge in [0.25, 0.3) is 5.91 Å². The molecule has 2 aromatic carbocycles. The van der Waals surface area contributed by atoms with Gasteiger partial charge in [0.15, 0.2) is 0 Å². The van der Waals surface area contributed by atoms with Gasteiger partial charge in [-0.3, -0.25) is 4.79 Å². The lowest BCUT2D eigenvalue weighted by Crippen LogP contribution is -2.42. The van der Waals surface area contributed by atoms with Crippen LogP contribution in [0.2, 0.25) is 0 Å². The average Bonchev–Trinajstić information content (AvgIpc) is 3.26. The van der Waals surface area contributed by atoms with Gasteiger partial charge in [-0.15, -0.1) is 11.3 Å². The van der Waals surface area contributed by atoms with Gasteiger partial charge in [0.05, 0.1) is 5.56 Å². The third-order valence-electron chi connectivity index (χ3n) is 5.54. The van der Waals surface area contributed by atoms with Crippen LogP contribution in [0.25, 0.3) is 0 Å². The molecular formula is C25H28FN3OS. The number of fused-ring (bicyclic) bond motifs is 1. The minimum absolute atomic E-state index is 0.0198. The molecule has 0 radical (unpaired) electrons. The molecule has 0 saturated carbocycles. The largest absolute Gasteiger partial charge is 0.385 e. The van der Waals surface area contributed by atoms with E-state index in [9.17, 15) is 9.18 Å². The van der Waals surface area contributed by atoms with Gasteiger partial charge in [0, 0.05) is 34.2 Å².